The van der Waals surface area contributed by atoms with Gasteiger partial charge in [0.25, 0.3) is 0 Å². The van der Waals surface area contributed by atoms with Crippen molar-refractivity contribution in [2.24, 2.45) is 5.73 Å². The summed E-state index contributed by atoms with van der Waals surface area (Å²) in [7, 11) is 0. The smallest absolute Gasteiger partial charge is 0.320 e. The van der Waals surface area contributed by atoms with Crippen LogP contribution in [0.4, 0.5) is 0 Å². The monoisotopic (exact) mass is 258 g/mol. The van der Waals surface area contributed by atoms with Crippen LogP contribution >= 0.6 is 0 Å². The van der Waals surface area contributed by atoms with Gasteiger partial charge in [0.15, 0.2) is 0 Å². The van der Waals surface area contributed by atoms with E-state index in [1.165, 1.54) is 6.07 Å². The molecule has 1 aromatic heterocycles. The molecule has 2 rings (SSSR count). The van der Waals surface area contributed by atoms with Crippen LogP contribution in [0.1, 0.15) is 5.56 Å². The lowest BCUT2D eigenvalue weighted by molar-refractivity contribution is -0.138. The van der Waals surface area contributed by atoms with E-state index in [1.54, 1.807) is 12.3 Å². The van der Waals surface area contributed by atoms with E-state index in [0.717, 1.165) is 16.7 Å². The van der Waals surface area contributed by atoms with E-state index >= 15 is 0 Å². The average molecular weight is 258 g/mol. The van der Waals surface area contributed by atoms with Crippen molar-refractivity contribution in [3.05, 3.63) is 58.5 Å². The van der Waals surface area contributed by atoms with Gasteiger partial charge < -0.3 is 15.8 Å². The van der Waals surface area contributed by atoms with Gasteiger partial charge in [-0.25, -0.2) is 0 Å². The van der Waals surface area contributed by atoms with E-state index < -0.39 is 12.0 Å². The molecular weight excluding hydrogens is 244 g/mol. The van der Waals surface area contributed by atoms with Crippen LogP contribution < -0.4 is 11.3 Å². The molecule has 0 aliphatic rings. The van der Waals surface area contributed by atoms with Crippen LogP contribution in [0, 0.1) is 0 Å². The minimum Gasteiger partial charge on any atom is -0.480 e. The fourth-order valence-electron chi connectivity index (χ4n) is 1.80. The zero-order valence-corrected chi connectivity index (χ0v) is 10.2. The van der Waals surface area contributed by atoms with Gasteiger partial charge in [-0.3, -0.25) is 9.59 Å². The maximum Gasteiger partial charge on any atom is 0.320 e. The molecule has 4 N–H and O–H groups in total. The van der Waals surface area contributed by atoms with Gasteiger partial charge in [-0.2, -0.15) is 0 Å². The van der Waals surface area contributed by atoms with Gasteiger partial charge in [0.05, 0.1) is 0 Å². The molecule has 0 saturated heterocycles. The zero-order valence-electron chi connectivity index (χ0n) is 10.2. The molecule has 1 heterocycles. The number of rotatable bonds is 4. The Bertz CT molecular complexity index is 632. The van der Waals surface area contributed by atoms with Gasteiger partial charge in [-0.15, -0.1) is 0 Å². The number of hydrogen-bond acceptors (Lipinski definition) is 3. The van der Waals surface area contributed by atoms with E-state index in [0.29, 0.717) is 0 Å². The van der Waals surface area contributed by atoms with Crippen LogP contribution in [0.3, 0.4) is 0 Å². The molecular formula is C14H14N2O3. The number of carboxylic acid groups (broad SMARTS) is 1. The number of carbonyl (C=O) groups is 1. The predicted octanol–water partition coefficient (Wildman–Crippen LogP) is 0.996. The minimum atomic E-state index is -1.02. The van der Waals surface area contributed by atoms with Gasteiger partial charge >= 0.3 is 5.97 Å². The summed E-state index contributed by atoms with van der Waals surface area (Å²) in [5.41, 5.74) is 7.88. The number of aromatic amines is 1. The van der Waals surface area contributed by atoms with Crippen LogP contribution in [0.2, 0.25) is 0 Å². The summed E-state index contributed by atoms with van der Waals surface area (Å²) in [6.45, 7) is 0. The van der Waals surface area contributed by atoms with Crippen molar-refractivity contribution < 1.29 is 9.90 Å². The lowest BCUT2D eigenvalue weighted by atomic mass is 10.0. The van der Waals surface area contributed by atoms with Crippen molar-refractivity contribution in [2.45, 2.75) is 12.5 Å². The summed E-state index contributed by atoms with van der Waals surface area (Å²) >= 11 is 0. The third-order valence-corrected chi connectivity index (χ3v) is 2.84. The molecule has 1 aromatic carbocycles. The molecule has 5 heteroatoms. The van der Waals surface area contributed by atoms with Crippen LogP contribution in [0.25, 0.3) is 11.1 Å². The largest absolute Gasteiger partial charge is 0.480 e. The fraction of sp³-hybridized carbons (Fsp3) is 0.143. The number of aliphatic carboxylic acids is 1. The molecule has 0 unspecified atom stereocenters. The zero-order chi connectivity index (χ0) is 13.8. The first-order valence-electron chi connectivity index (χ1n) is 5.83. The summed E-state index contributed by atoms with van der Waals surface area (Å²) in [6, 6.07) is 9.75. The Kier molecular flexibility index (Phi) is 3.77. The lowest BCUT2D eigenvalue weighted by Gasteiger charge is -2.07. The molecule has 0 bridgehead atoms. The highest BCUT2D eigenvalue weighted by atomic mass is 16.4. The highest BCUT2D eigenvalue weighted by molar-refractivity contribution is 5.73. The topological polar surface area (TPSA) is 96.2 Å². The quantitative estimate of drug-likeness (QED) is 0.762. The first-order valence-corrected chi connectivity index (χ1v) is 5.83. The first kappa shape index (κ1) is 13.0. The first-order chi connectivity index (χ1) is 9.06. The van der Waals surface area contributed by atoms with Crippen LogP contribution in [0.5, 0.6) is 0 Å². The number of pyridine rings is 1. The number of nitrogens with one attached hydrogen (secondary N) is 1. The highest BCUT2D eigenvalue weighted by Gasteiger charge is 2.11. The normalized spacial score (nSPS) is 12.1. The van der Waals surface area contributed by atoms with E-state index in [2.05, 4.69) is 4.98 Å². The molecule has 0 fully saturated rings. The van der Waals surface area contributed by atoms with Crippen molar-refractivity contribution in [2.75, 3.05) is 0 Å². The summed E-state index contributed by atoms with van der Waals surface area (Å²) in [6.07, 6.45) is 1.87. The molecule has 0 aliphatic heterocycles. The number of nitrogens with two attached hydrogens (primary N) is 1. The highest BCUT2D eigenvalue weighted by Crippen LogP contribution is 2.18. The second-order valence-corrected chi connectivity index (χ2v) is 4.29. The molecule has 98 valence electrons. The Balaban J connectivity index is 2.19. The number of H-pyrrole nitrogens is 1. The number of hydrogen-bond donors (Lipinski definition) is 3. The number of aromatic nitrogens is 1. The molecule has 0 aliphatic carbocycles. The second kappa shape index (κ2) is 5.49. The van der Waals surface area contributed by atoms with Crippen LogP contribution in [-0.4, -0.2) is 22.1 Å². The standard InChI is InChI=1S/C14H14N2O3/c15-12(14(18)19)7-9-1-3-10(4-2-9)11-5-6-16-13(17)8-11/h1-6,8,12H,7,15H2,(H,16,17)(H,18,19)/t12-/m0/s1. The Morgan fingerprint density at radius 1 is 1.21 bits per heavy atom. The minimum absolute atomic E-state index is 0.158. The van der Waals surface area contributed by atoms with Gasteiger partial charge in [-0.1, -0.05) is 24.3 Å². The third-order valence-electron chi connectivity index (χ3n) is 2.84. The Hall–Kier alpha value is -2.40. The maximum atomic E-state index is 11.2. The Labute approximate surface area is 109 Å². The summed E-state index contributed by atoms with van der Waals surface area (Å²) in [4.78, 5) is 24.4. The Morgan fingerprint density at radius 3 is 2.47 bits per heavy atom. The molecule has 0 saturated carbocycles. The van der Waals surface area contributed by atoms with E-state index in [9.17, 15) is 9.59 Å². The van der Waals surface area contributed by atoms with Gasteiger partial charge in [0, 0.05) is 12.3 Å². The predicted molar refractivity (Wildman–Crippen MR) is 71.8 cm³/mol. The summed E-state index contributed by atoms with van der Waals surface area (Å²) in [5.74, 6) is -1.02. The molecule has 0 spiro atoms. The number of benzene rings is 1. The molecule has 1 atom stereocenters. The van der Waals surface area contributed by atoms with Crippen molar-refractivity contribution in [3.8, 4) is 11.1 Å². The van der Waals surface area contributed by atoms with Gasteiger partial charge in [0.2, 0.25) is 5.56 Å². The van der Waals surface area contributed by atoms with Gasteiger partial charge in [0.1, 0.15) is 6.04 Å². The lowest BCUT2D eigenvalue weighted by Crippen LogP contribution is -2.32. The molecule has 2 aromatic rings. The van der Waals surface area contributed by atoms with Crippen molar-refractivity contribution >= 4 is 5.97 Å². The molecule has 0 amide bonds. The molecule has 0 radical (unpaired) electrons. The van der Waals surface area contributed by atoms with Gasteiger partial charge in [-0.05, 0) is 29.2 Å². The van der Waals surface area contributed by atoms with E-state index in [4.69, 9.17) is 10.8 Å². The fourth-order valence-corrected chi connectivity index (χ4v) is 1.80. The average Bonchev–Trinajstić information content (AvgIpc) is 2.39. The third kappa shape index (κ3) is 3.29. The summed E-state index contributed by atoms with van der Waals surface area (Å²) < 4.78 is 0. The molecule has 5 nitrogen and oxygen atoms in total. The maximum absolute atomic E-state index is 11.2. The SMILES string of the molecule is N[C@@H](Cc1ccc(-c2cc[nH]c(=O)c2)cc1)C(=O)O. The summed E-state index contributed by atoms with van der Waals surface area (Å²) in [5, 5.41) is 8.74. The van der Waals surface area contributed by atoms with Crippen molar-refractivity contribution in [3.63, 3.8) is 0 Å². The van der Waals surface area contributed by atoms with Crippen molar-refractivity contribution in [1.82, 2.24) is 4.98 Å². The van der Waals surface area contributed by atoms with Crippen molar-refractivity contribution in [1.29, 1.82) is 0 Å². The van der Waals surface area contributed by atoms with E-state index in [-0.39, 0.29) is 12.0 Å². The van der Waals surface area contributed by atoms with Crippen LogP contribution in [-0.2, 0) is 11.2 Å². The molecule has 19 heavy (non-hydrogen) atoms. The van der Waals surface area contributed by atoms with Crippen LogP contribution in [0.15, 0.2) is 47.4 Å². The number of carboxylic acids is 1. The second-order valence-electron chi connectivity index (χ2n) is 4.29. The Morgan fingerprint density at radius 2 is 1.89 bits per heavy atom. The van der Waals surface area contributed by atoms with E-state index in [1.807, 2.05) is 24.3 Å².